The quantitative estimate of drug-likeness (QED) is 0.686. The van der Waals surface area contributed by atoms with Crippen LogP contribution in [0.25, 0.3) is 0 Å². The summed E-state index contributed by atoms with van der Waals surface area (Å²) < 4.78 is 4.98. The van der Waals surface area contributed by atoms with Crippen molar-refractivity contribution in [1.82, 2.24) is 5.32 Å². The van der Waals surface area contributed by atoms with Gasteiger partial charge in [0.2, 0.25) is 0 Å². The summed E-state index contributed by atoms with van der Waals surface area (Å²) in [5.41, 5.74) is 0. The second kappa shape index (κ2) is 3.65. The van der Waals surface area contributed by atoms with Crippen LogP contribution in [0.4, 0.5) is 4.79 Å². The summed E-state index contributed by atoms with van der Waals surface area (Å²) in [6.07, 6.45) is 1.16. The highest BCUT2D eigenvalue weighted by Gasteiger charge is 1.96. The second-order valence-electron chi connectivity index (χ2n) is 2.06. The summed E-state index contributed by atoms with van der Waals surface area (Å²) in [7, 11) is 0. The van der Waals surface area contributed by atoms with Crippen molar-refractivity contribution in [1.29, 1.82) is 0 Å². The number of hydrogen-bond acceptors (Lipinski definition) is 2. The van der Waals surface area contributed by atoms with E-state index in [1.807, 2.05) is 6.07 Å². The number of hydrogen-bond donors (Lipinski definition) is 2. The molecule has 0 aliphatic carbocycles. The van der Waals surface area contributed by atoms with E-state index >= 15 is 0 Å². The van der Waals surface area contributed by atoms with Gasteiger partial charge < -0.3 is 14.8 Å². The van der Waals surface area contributed by atoms with Crippen molar-refractivity contribution < 1.29 is 14.3 Å². The molecule has 0 spiro atoms. The lowest BCUT2D eigenvalue weighted by atomic mass is 10.3. The number of rotatable bonds is 3. The highest BCUT2D eigenvalue weighted by atomic mass is 16.4. The van der Waals surface area contributed by atoms with E-state index < -0.39 is 6.09 Å². The summed E-state index contributed by atoms with van der Waals surface area (Å²) >= 11 is 0. The fraction of sp³-hybridized carbons (Fsp3) is 0.286. The SMILES string of the molecule is O=C(O)NCCc1ccco1. The predicted octanol–water partition coefficient (Wildman–Crippen LogP) is 1.09. The van der Waals surface area contributed by atoms with Crippen molar-refractivity contribution in [3.63, 3.8) is 0 Å². The Balaban J connectivity index is 2.19. The Kier molecular flexibility index (Phi) is 2.54. The molecule has 1 aromatic rings. The molecule has 11 heavy (non-hydrogen) atoms. The van der Waals surface area contributed by atoms with Gasteiger partial charge in [0.05, 0.1) is 6.26 Å². The molecule has 0 unspecified atom stereocenters. The molecule has 1 amide bonds. The highest BCUT2D eigenvalue weighted by molar-refractivity contribution is 5.64. The Labute approximate surface area is 63.8 Å². The topological polar surface area (TPSA) is 62.5 Å². The van der Waals surface area contributed by atoms with Crippen molar-refractivity contribution in [3.8, 4) is 0 Å². The summed E-state index contributed by atoms with van der Waals surface area (Å²) in [6, 6.07) is 3.58. The van der Waals surface area contributed by atoms with E-state index in [1.165, 1.54) is 0 Å². The van der Waals surface area contributed by atoms with Crippen LogP contribution in [0.15, 0.2) is 22.8 Å². The van der Waals surface area contributed by atoms with E-state index in [0.29, 0.717) is 13.0 Å². The summed E-state index contributed by atoms with van der Waals surface area (Å²) in [4.78, 5) is 9.99. The maximum absolute atomic E-state index is 9.99. The minimum atomic E-state index is -1.00. The van der Waals surface area contributed by atoms with Crippen molar-refractivity contribution in [2.24, 2.45) is 0 Å². The first-order valence-corrected chi connectivity index (χ1v) is 3.28. The van der Waals surface area contributed by atoms with Gasteiger partial charge in [0.1, 0.15) is 5.76 Å². The second-order valence-corrected chi connectivity index (χ2v) is 2.06. The standard InChI is InChI=1S/C7H9NO3/c9-7(10)8-4-3-6-2-1-5-11-6/h1-2,5,8H,3-4H2,(H,9,10). The van der Waals surface area contributed by atoms with Gasteiger partial charge in [-0.2, -0.15) is 0 Å². The largest absolute Gasteiger partial charge is 0.469 e. The van der Waals surface area contributed by atoms with Gasteiger partial charge in [0.15, 0.2) is 0 Å². The van der Waals surface area contributed by atoms with E-state index in [-0.39, 0.29) is 0 Å². The zero-order valence-corrected chi connectivity index (χ0v) is 5.91. The van der Waals surface area contributed by atoms with E-state index in [9.17, 15) is 4.79 Å². The van der Waals surface area contributed by atoms with E-state index in [0.717, 1.165) is 5.76 Å². The zero-order chi connectivity index (χ0) is 8.10. The maximum atomic E-state index is 9.99. The van der Waals surface area contributed by atoms with Gasteiger partial charge in [-0.05, 0) is 12.1 Å². The Morgan fingerprint density at radius 2 is 2.55 bits per heavy atom. The minimum Gasteiger partial charge on any atom is -0.469 e. The van der Waals surface area contributed by atoms with Crippen molar-refractivity contribution in [3.05, 3.63) is 24.2 Å². The number of nitrogens with one attached hydrogen (secondary N) is 1. The lowest BCUT2D eigenvalue weighted by Gasteiger charge is -1.96. The molecule has 1 heterocycles. The van der Waals surface area contributed by atoms with Crippen LogP contribution >= 0.6 is 0 Å². The van der Waals surface area contributed by atoms with Crippen molar-refractivity contribution in [2.45, 2.75) is 6.42 Å². The molecule has 2 N–H and O–H groups in total. The Bertz CT molecular complexity index is 218. The predicted molar refractivity (Wildman–Crippen MR) is 38.4 cm³/mol. The Morgan fingerprint density at radius 3 is 3.09 bits per heavy atom. The molecule has 1 aromatic heterocycles. The van der Waals surface area contributed by atoms with Crippen molar-refractivity contribution in [2.75, 3.05) is 6.54 Å². The normalized spacial score (nSPS) is 9.45. The van der Waals surface area contributed by atoms with Crippen LogP contribution in [0.5, 0.6) is 0 Å². The molecule has 4 heteroatoms. The van der Waals surface area contributed by atoms with E-state index in [1.54, 1.807) is 12.3 Å². The van der Waals surface area contributed by atoms with Crippen LogP contribution < -0.4 is 5.32 Å². The lowest BCUT2D eigenvalue weighted by molar-refractivity contribution is 0.194. The Morgan fingerprint density at radius 1 is 1.73 bits per heavy atom. The molecule has 1 rings (SSSR count). The van der Waals surface area contributed by atoms with Crippen LogP contribution in [-0.4, -0.2) is 17.7 Å². The molecule has 0 bridgehead atoms. The Hall–Kier alpha value is -1.45. The average molecular weight is 155 g/mol. The number of carboxylic acid groups (broad SMARTS) is 1. The highest BCUT2D eigenvalue weighted by Crippen LogP contribution is 1.98. The fourth-order valence-corrected chi connectivity index (χ4v) is 0.747. The summed E-state index contributed by atoms with van der Waals surface area (Å²) in [6.45, 7) is 0.392. The molecular weight excluding hydrogens is 146 g/mol. The molecule has 0 aromatic carbocycles. The van der Waals surface area contributed by atoms with E-state index in [2.05, 4.69) is 5.32 Å². The molecule has 0 atom stereocenters. The van der Waals surface area contributed by atoms with Gasteiger partial charge in [-0.3, -0.25) is 0 Å². The van der Waals surface area contributed by atoms with Crippen LogP contribution in [0.3, 0.4) is 0 Å². The van der Waals surface area contributed by atoms with Gasteiger partial charge in [-0.15, -0.1) is 0 Å². The third-order valence-corrected chi connectivity index (χ3v) is 1.23. The van der Waals surface area contributed by atoms with Crippen molar-refractivity contribution >= 4 is 6.09 Å². The van der Waals surface area contributed by atoms with Gasteiger partial charge in [-0.25, -0.2) is 4.79 Å². The molecule has 60 valence electrons. The van der Waals surface area contributed by atoms with Gasteiger partial charge in [0.25, 0.3) is 0 Å². The molecule has 4 nitrogen and oxygen atoms in total. The van der Waals surface area contributed by atoms with Gasteiger partial charge in [-0.1, -0.05) is 0 Å². The van der Waals surface area contributed by atoms with Gasteiger partial charge >= 0.3 is 6.09 Å². The first-order valence-electron chi connectivity index (χ1n) is 3.28. The van der Waals surface area contributed by atoms with E-state index in [4.69, 9.17) is 9.52 Å². The molecule has 0 saturated heterocycles. The molecular formula is C7H9NO3. The van der Waals surface area contributed by atoms with Crippen LogP contribution in [0.1, 0.15) is 5.76 Å². The minimum absolute atomic E-state index is 0.392. The smallest absolute Gasteiger partial charge is 0.404 e. The number of carbonyl (C=O) groups is 1. The third-order valence-electron chi connectivity index (χ3n) is 1.23. The monoisotopic (exact) mass is 155 g/mol. The van der Waals surface area contributed by atoms with Crippen LogP contribution in [0.2, 0.25) is 0 Å². The summed E-state index contributed by atoms with van der Waals surface area (Å²) in [5.74, 6) is 0.791. The van der Waals surface area contributed by atoms with Crippen LogP contribution in [-0.2, 0) is 6.42 Å². The molecule has 0 fully saturated rings. The molecule has 0 radical (unpaired) electrons. The fourth-order valence-electron chi connectivity index (χ4n) is 0.747. The number of amides is 1. The zero-order valence-electron chi connectivity index (χ0n) is 5.91. The van der Waals surface area contributed by atoms with Crippen LogP contribution in [0, 0.1) is 0 Å². The lowest BCUT2D eigenvalue weighted by Crippen LogP contribution is -2.23. The first kappa shape index (κ1) is 7.65. The summed E-state index contributed by atoms with van der Waals surface area (Å²) in [5, 5.41) is 10.4. The molecule has 0 saturated carbocycles. The third kappa shape index (κ3) is 2.75. The molecule has 0 aliphatic heterocycles. The van der Waals surface area contributed by atoms with Gasteiger partial charge in [0, 0.05) is 13.0 Å². The number of furan rings is 1. The molecule has 0 aliphatic rings. The average Bonchev–Trinajstić information content (AvgIpc) is 2.39. The first-order chi connectivity index (χ1) is 5.29. The maximum Gasteiger partial charge on any atom is 0.404 e.